The molecule has 1 aliphatic heterocycles. The molecule has 0 radical (unpaired) electrons. The minimum Gasteiger partial charge on any atom is -0.292 e. The number of hydrogen-bond donors (Lipinski definition) is 1. The molecule has 0 saturated carbocycles. The predicted octanol–water partition coefficient (Wildman–Crippen LogP) is 3.20. The molecule has 3 rings (SSSR count). The maximum absolute atomic E-state index is 12.9. The highest BCUT2D eigenvalue weighted by Crippen LogP contribution is 2.34. The zero-order chi connectivity index (χ0) is 20.4. The van der Waals surface area contributed by atoms with Gasteiger partial charge in [-0.2, -0.15) is 13.2 Å². The van der Waals surface area contributed by atoms with Crippen LogP contribution in [0.5, 0.6) is 0 Å². The Kier molecular flexibility index (Phi) is 6.07. The Labute approximate surface area is 162 Å². The van der Waals surface area contributed by atoms with Crippen LogP contribution in [-0.2, 0) is 16.2 Å². The number of hydrogen-bond acceptors (Lipinski definition) is 4. The lowest BCUT2D eigenvalue weighted by Crippen LogP contribution is -2.45. The molecule has 1 aliphatic rings. The quantitative estimate of drug-likeness (QED) is 0.818. The molecule has 5 nitrogen and oxygen atoms in total. The number of pyridine rings is 1. The zero-order valence-electron chi connectivity index (χ0n) is 15.4. The molecule has 28 heavy (non-hydrogen) atoms. The number of likely N-dealkylation sites (tertiary alicyclic amines) is 1. The van der Waals surface area contributed by atoms with Crippen molar-refractivity contribution in [1.82, 2.24) is 14.6 Å². The molecule has 0 aliphatic carbocycles. The van der Waals surface area contributed by atoms with Crippen molar-refractivity contribution in [2.75, 3.05) is 19.3 Å². The van der Waals surface area contributed by atoms with Crippen molar-refractivity contribution in [3.63, 3.8) is 0 Å². The molecule has 1 N–H and O–H groups in total. The van der Waals surface area contributed by atoms with Gasteiger partial charge in [-0.15, -0.1) is 0 Å². The molecule has 152 valence electrons. The maximum Gasteiger partial charge on any atom is 0.416 e. The molecular formula is C19H22F3N3O2S. The molecule has 9 heteroatoms. The summed E-state index contributed by atoms with van der Waals surface area (Å²) in [6.45, 7) is 1.24. The summed E-state index contributed by atoms with van der Waals surface area (Å²) in [5.41, 5.74) is 0.949. The lowest BCUT2D eigenvalue weighted by atomic mass is 9.94. The Morgan fingerprint density at radius 1 is 1.11 bits per heavy atom. The van der Waals surface area contributed by atoms with E-state index in [1.807, 2.05) is 6.07 Å². The second-order valence-electron chi connectivity index (χ2n) is 7.01. The van der Waals surface area contributed by atoms with Crippen LogP contribution in [0.3, 0.4) is 0 Å². The molecule has 2 aromatic rings. The number of piperidine rings is 1. The predicted molar refractivity (Wildman–Crippen MR) is 100 cm³/mol. The van der Waals surface area contributed by atoms with Crippen molar-refractivity contribution in [2.24, 2.45) is 0 Å². The number of benzene rings is 1. The standard InChI is InChI=1S/C19H22F3N3O2S/c1-28(26,27)24-17-8-11-25(12-9-17)18(15-3-2-10-23-13-15)14-4-6-16(7-5-14)19(20,21)22/h2-7,10,13,17-18,24H,8-9,11-12H2,1H3. The van der Waals surface area contributed by atoms with E-state index in [1.165, 1.54) is 12.1 Å². The first-order valence-electron chi connectivity index (χ1n) is 8.92. The van der Waals surface area contributed by atoms with Crippen LogP contribution in [-0.4, -0.2) is 43.7 Å². The van der Waals surface area contributed by atoms with Gasteiger partial charge in [-0.05, 0) is 42.2 Å². The summed E-state index contributed by atoms with van der Waals surface area (Å²) in [7, 11) is -3.27. The van der Waals surface area contributed by atoms with Crippen LogP contribution in [0.25, 0.3) is 0 Å². The molecule has 1 fully saturated rings. The van der Waals surface area contributed by atoms with Crippen LogP contribution >= 0.6 is 0 Å². The van der Waals surface area contributed by atoms with Crippen molar-refractivity contribution in [2.45, 2.75) is 31.1 Å². The molecular weight excluding hydrogens is 391 g/mol. The minimum atomic E-state index is -4.38. The van der Waals surface area contributed by atoms with Gasteiger partial charge in [0.15, 0.2) is 0 Å². The summed E-state index contributed by atoms with van der Waals surface area (Å²) in [6, 6.07) is 8.51. The van der Waals surface area contributed by atoms with Crippen LogP contribution in [0.4, 0.5) is 13.2 Å². The number of halogens is 3. The second-order valence-corrected chi connectivity index (χ2v) is 8.79. The number of nitrogens with one attached hydrogen (secondary N) is 1. The van der Waals surface area contributed by atoms with Crippen molar-refractivity contribution >= 4 is 10.0 Å². The Morgan fingerprint density at radius 3 is 2.25 bits per heavy atom. The highest BCUT2D eigenvalue weighted by atomic mass is 32.2. The molecule has 1 aromatic heterocycles. The van der Waals surface area contributed by atoms with E-state index in [0.717, 1.165) is 29.5 Å². The molecule has 1 atom stereocenters. The molecule has 1 unspecified atom stereocenters. The normalized spacial score (nSPS) is 18.1. The highest BCUT2D eigenvalue weighted by molar-refractivity contribution is 7.88. The van der Waals surface area contributed by atoms with Crippen LogP contribution < -0.4 is 4.72 Å². The lowest BCUT2D eigenvalue weighted by molar-refractivity contribution is -0.137. The van der Waals surface area contributed by atoms with E-state index >= 15 is 0 Å². The van der Waals surface area contributed by atoms with E-state index in [9.17, 15) is 21.6 Å². The summed E-state index contributed by atoms with van der Waals surface area (Å²) < 4.78 is 64.2. The number of sulfonamides is 1. The number of alkyl halides is 3. The van der Waals surface area contributed by atoms with E-state index in [0.29, 0.717) is 25.9 Å². The fourth-order valence-corrected chi connectivity index (χ4v) is 4.43. The maximum atomic E-state index is 12.9. The van der Waals surface area contributed by atoms with Crippen LogP contribution in [0, 0.1) is 0 Å². The number of nitrogens with zero attached hydrogens (tertiary/aromatic N) is 2. The van der Waals surface area contributed by atoms with Gasteiger partial charge in [-0.3, -0.25) is 9.88 Å². The van der Waals surface area contributed by atoms with Crippen molar-refractivity contribution in [3.05, 3.63) is 65.5 Å². The molecule has 1 aromatic carbocycles. The summed E-state index contributed by atoms with van der Waals surface area (Å²) in [5.74, 6) is 0. The molecule has 2 heterocycles. The fraction of sp³-hybridized carbons (Fsp3) is 0.421. The summed E-state index contributed by atoms with van der Waals surface area (Å²) in [6.07, 6.45) is 1.38. The van der Waals surface area contributed by atoms with Crippen molar-refractivity contribution < 1.29 is 21.6 Å². The van der Waals surface area contributed by atoms with Crippen LogP contribution in [0.2, 0.25) is 0 Å². The van der Waals surface area contributed by atoms with Gasteiger partial charge >= 0.3 is 6.18 Å². The van der Waals surface area contributed by atoms with Gasteiger partial charge in [0, 0.05) is 31.5 Å². The minimum absolute atomic E-state index is 0.131. The van der Waals surface area contributed by atoms with Gasteiger partial charge in [-0.25, -0.2) is 13.1 Å². The van der Waals surface area contributed by atoms with Gasteiger partial charge in [0.05, 0.1) is 17.9 Å². The van der Waals surface area contributed by atoms with Crippen LogP contribution in [0.15, 0.2) is 48.8 Å². The van der Waals surface area contributed by atoms with Crippen LogP contribution in [0.1, 0.15) is 35.6 Å². The molecule has 0 spiro atoms. The third-order valence-corrected chi connectivity index (χ3v) is 5.59. The topological polar surface area (TPSA) is 62.3 Å². The summed E-state index contributed by atoms with van der Waals surface area (Å²) >= 11 is 0. The van der Waals surface area contributed by atoms with E-state index in [2.05, 4.69) is 14.6 Å². The fourth-order valence-electron chi connectivity index (χ4n) is 3.58. The van der Waals surface area contributed by atoms with E-state index in [-0.39, 0.29) is 12.1 Å². The smallest absolute Gasteiger partial charge is 0.292 e. The summed E-state index contributed by atoms with van der Waals surface area (Å²) in [5, 5.41) is 0. The Morgan fingerprint density at radius 2 is 1.75 bits per heavy atom. The van der Waals surface area contributed by atoms with Gasteiger partial charge in [0.25, 0.3) is 0 Å². The second kappa shape index (κ2) is 8.18. The zero-order valence-corrected chi connectivity index (χ0v) is 16.2. The summed E-state index contributed by atoms with van der Waals surface area (Å²) in [4.78, 5) is 6.30. The largest absolute Gasteiger partial charge is 0.416 e. The Bertz CT molecular complexity index is 879. The Balaban J connectivity index is 1.83. The number of rotatable bonds is 5. The average Bonchev–Trinajstić information content (AvgIpc) is 2.63. The number of aromatic nitrogens is 1. The molecule has 0 amide bonds. The first kappa shape index (κ1) is 20.8. The van der Waals surface area contributed by atoms with Gasteiger partial charge < -0.3 is 0 Å². The first-order valence-corrected chi connectivity index (χ1v) is 10.8. The van der Waals surface area contributed by atoms with E-state index in [1.54, 1.807) is 18.5 Å². The monoisotopic (exact) mass is 413 g/mol. The first-order chi connectivity index (χ1) is 13.1. The van der Waals surface area contributed by atoms with Gasteiger partial charge in [0.1, 0.15) is 0 Å². The third kappa shape index (κ3) is 5.30. The SMILES string of the molecule is CS(=O)(=O)NC1CCN(C(c2ccc(C(F)(F)F)cc2)c2cccnc2)CC1. The highest BCUT2D eigenvalue weighted by Gasteiger charge is 2.32. The van der Waals surface area contributed by atoms with Gasteiger partial charge in [-0.1, -0.05) is 18.2 Å². The Hall–Kier alpha value is -1.97. The average molecular weight is 413 g/mol. The molecule has 0 bridgehead atoms. The van der Waals surface area contributed by atoms with E-state index in [4.69, 9.17) is 0 Å². The van der Waals surface area contributed by atoms with Crippen molar-refractivity contribution in [1.29, 1.82) is 0 Å². The third-order valence-electron chi connectivity index (χ3n) is 4.83. The van der Waals surface area contributed by atoms with Crippen molar-refractivity contribution in [3.8, 4) is 0 Å². The van der Waals surface area contributed by atoms with Gasteiger partial charge in [0.2, 0.25) is 10.0 Å². The lowest BCUT2D eigenvalue weighted by Gasteiger charge is -2.38. The van der Waals surface area contributed by atoms with E-state index < -0.39 is 21.8 Å². The molecule has 1 saturated heterocycles.